The third-order valence-corrected chi connectivity index (χ3v) is 6.33. The number of para-hydroxylation sites is 1. The largest absolute Gasteiger partial charge is 0.496 e. The van der Waals surface area contributed by atoms with Crippen LogP contribution in [0.25, 0.3) is 0 Å². The van der Waals surface area contributed by atoms with Crippen molar-refractivity contribution in [2.24, 2.45) is 5.92 Å². The topological polar surface area (TPSA) is 54.0 Å². The Hall–Kier alpha value is -2.73. The molecule has 1 saturated heterocycles. The van der Waals surface area contributed by atoms with Gasteiger partial charge in [0.15, 0.2) is 6.10 Å². The summed E-state index contributed by atoms with van der Waals surface area (Å²) in [6.45, 7) is 6.77. The molecule has 1 N–H and O–H groups in total. The molecule has 1 amide bonds. The van der Waals surface area contributed by atoms with E-state index in [-0.39, 0.29) is 5.91 Å². The van der Waals surface area contributed by atoms with Crippen LogP contribution in [0.3, 0.4) is 0 Å². The number of carbonyl (C=O) groups is 1. The van der Waals surface area contributed by atoms with Crippen LogP contribution in [0.15, 0.2) is 53.8 Å². The molecule has 4 rings (SSSR count). The number of carbonyl (C=O) groups excluding carboxylic acids is 1. The Balaban J connectivity index is 1.32. The first-order valence-corrected chi connectivity index (χ1v) is 11.2. The number of amides is 1. The summed E-state index contributed by atoms with van der Waals surface area (Å²) in [5, 5.41) is 3.04. The van der Waals surface area contributed by atoms with Gasteiger partial charge in [-0.05, 0) is 31.2 Å². The zero-order valence-electron chi connectivity index (χ0n) is 18.8. The maximum Gasteiger partial charge on any atom is 0.261 e. The Morgan fingerprint density at radius 3 is 2.87 bits per heavy atom. The van der Waals surface area contributed by atoms with Crippen LogP contribution in [0, 0.1) is 5.92 Å². The van der Waals surface area contributed by atoms with E-state index in [1.807, 2.05) is 12.2 Å². The van der Waals surface area contributed by atoms with Crippen LogP contribution in [0.5, 0.6) is 5.75 Å². The summed E-state index contributed by atoms with van der Waals surface area (Å²) in [4.78, 5) is 17.5. The number of hydrogen-bond donors (Lipinski definition) is 1. The molecule has 1 fully saturated rings. The van der Waals surface area contributed by atoms with Crippen molar-refractivity contribution < 1.29 is 14.3 Å². The normalized spacial score (nSPS) is 24.5. The van der Waals surface area contributed by atoms with E-state index < -0.39 is 6.10 Å². The molecule has 0 aromatic heterocycles. The van der Waals surface area contributed by atoms with Crippen molar-refractivity contribution in [1.82, 2.24) is 10.2 Å². The zero-order chi connectivity index (χ0) is 21.8. The van der Waals surface area contributed by atoms with Crippen LogP contribution in [0.1, 0.15) is 18.9 Å². The van der Waals surface area contributed by atoms with Gasteiger partial charge in [0, 0.05) is 50.6 Å². The minimum Gasteiger partial charge on any atom is -0.496 e. The minimum atomic E-state index is -0.456. The summed E-state index contributed by atoms with van der Waals surface area (Å²) in [5.74, 6) is 2.05. The molecule has 2 aliphatic heterocycles. The average molecular weight is 424 g/mol. The smallest absolute Gasteiger partial charge is 0.261 e. The maximum absolute atomic E-state index is 12.8. The first kappa shape index (κ1) is 21.5. The lowest BCUT2D eigenvalue weighted by Crippen LogP contribution is -2.44. The van der Waals surface area contributed by atoms with Crippen LogP contribution < -0.4 is 15.0 Å². The number of piperazine rings is 1. The monoisotopic (exact) mass is 423 g/mol. The molecule has 0 saturated carbocycles. The number of anilines is 1. The Kier molecular flexibility index (Phi) is 6.66. The van der Waals surface area contributed by atoms with E-state index in [1.165, 1.54) is 5.57 Å². The van der Waals surface area contributed by atoms with Gasteiger partial charge < -0.3 is 24.6 Å². The number of methoxy groups -OCH3 is 1. The van der Waals surface area contributed by atoms with Gasteiger partial charge in [0.2, 0.25) is 0 Å². The molecule has 2 heterocycles. The van der Waals surface area contributed by atoms with Crippen LogP contribution in [-0.2, 0) is 16.0 Å². The standard InChI is InChI=1S/C25H33N3O3/c1-18-7-4-11-22(30-3)20(18)9-6-12-26-25(29)23-17-19-8-5-10-21(24(19)31-23)28-15-13-27(2)14-16-28/h4-5,7-11,18,23H,6,12-17H2,1-3H3,(H,26,29). The van der Waals surface area contributed by atoms with Gasteiger partial charge in [-0.15, -0.1) is 0 Å². The molecule has 6 heteroatoms. The fourth-order valence-corrected chi connectivity index (χ4v) is 4.44. The maximum atomic E-state index is 12.8. The van der Waals surface area contributed by atoms with Crippen LogP contribution in [0.2, 0.25) is 0 Å². The Labute approximate surface area is 185 Å². The fraction of sp³-hybridized carbons (Fsp3) is 0.480. The number of ether oxygens (including phenoxy) is 2. The SMILES string of the molecule is COC1=CC=CC(C)C1=CCCNC(=O)C1Cc2cccc(N3CCN(C)CC3)c2O1. The Bertz CT molecular complexity index is 897. The molecule has 1 aliphatic carbocycles. The van der Waals surface area contributed by atoms with E-state index in [1.54, 1.807) is 7.11 Å². The van der Waals surface area contributed by atoms with Crippen molar-refractivity contribution in [1.29, 1.82) is 0 Å². The number of nitrogens with one attached hydrogen (secondary N) is 1. The van der Waals surface area contributed by atoms with Gasteiger partial charge in [0.25, 0.3) is 5.91 Å². The number of allylic oxidation sites excluding steroid dienone is 4. The van der Waals surface area contributed by atoms with E-state index in [9.17, 15) is 4.79 Å². The molecular formula is C25H33N3O3. The zero-order valence-corrected chi connectivity index (χ0v) is 18.8. The summed E-state index contributed by atoms with van der Waals surface area (Å²) >= 11 is 0. The quantitative estimate of drug-likeness (QED) is 0.713. The summed E-state index contributed by atoms with van der Waals surface area (Å²) in [6, 6.07) is 6.25. The molecule has 0 spiro atoms. The second-order valence-corrected chi connectivity index (χ2v) is 8.51. The summed E-state index contributed by atoms with van der Waals surface area (Å²) in [7, 11) is 3.84. The van der Waals surface area contributed by atoms with Gasteiger partial charge in [-0.2, -0.15) is 0 Å². The van der Waals surface area contributed by atoms with Crippen molar-refractivity contribution in [2.75, 3.05) is 51.8 Å². The highest BCUT2D eigenvalue weighted by Crippen LogP contribution is 2.38. The first-order valence-electron chi connectivity index (χ1n) is 11.2. The van der Waals surface area contributed by atoms with Gasteiger partial charge in [0.05, 0.1) is 12.8 Å². The minimum absolute atomic E-state index is 0.0435. The van der Waals surface area contributed by atoms with E-state index >= 15 is 0 Å². The number of likely N-dealkylation sites (N-methyl/N-ethyl adjacent to an activating group) is 1. The van der Waals surface area contributed by atoms with E-state index in [0.717, 1.165) is 55.4 Å². The summed E-state index contributed by atoms with van der Waals surface area (Å²) < 4.78 is 11.6. The summed E-state index contributed by atoms with van der Waals surface area (Å²) in [5.41, 5.74) is 3.40. The average Bonchev–Trinajstić information content (AvgIpc) is 3.22. The fourth-order valence-electron chi connectivity index (χ4n) is 4.44. The molecule has 0 bridgehead atoms. The van der Waals surface area contributed by atoms with E-state index in [4.69, 9.17) is 9.47 Å². The molecule has 6 nitrogen and oxygen atoms in total. The number of rotatable bonds is 6. The lowest BCUT2D eigenvalue weighted by molar-refractivity contribution is -0.127. The van der Waals surface area contributed by atoms with Gasteiger partial charge in [-0.25, -0.2) is 0 Å². The molecular weight excluding hydrogens is 390 g/mol. The van der Waals surface area contributed by atoms with Crippen molar-refractivity contribution in [2.45, 2.75) is 25.9 Å². The molecule has 31 heavy (non-hydrogen) atoms. The van der Waals surface area contributed by atoms with Crippen LogP contribution in [-0.4, -0.2) is 63.8 Å². The third kappa shape index (κ3) is 4.79. The molecule has 1 aromatic carbocycles. The van der Waals surface area contributed by atoms with Gasteiger partial charge in [-0.3, -0.25) is 4.79 Å². The highest BCUT2D eigenvalue weighted by atomic mass is 16.5. The van der Waals surface area contributed by atoms with E-state index in [2.05, 4.69) is 59.4 Å². The van der Waals surface area contributed by atoms with Crippen LogP contribution in [0.4, 0.5) is 5.69 Å². The predicted octanol–water partition coefficient (Wildman–Crippen LogP) is 2.91. The van der Waals surface area contributed by atoms with E-state index in [0.29, 0.717) is 18.9 Å². The number of hydrogen-bond acceptors (Lipinski definition) is 5. The number of fused-ring (bicyclic) bond motifs is 1. The second-order valence-electron chi connectivity index (χ2n) is 8.51. The molecule has 1 aromatic rings. The second kappa shape index (κ2) is 9.60. The number of nitrogens with zero attached hydrogens (tertiary/aromatic N) is 2. The van der Waals surface area contributed by atoms with Gasteiger partial charge >= 0.3 is 0 Å². The molecule has 3 aliphatic rings. The van der Waals surface area contributed by atoms with Crippen molar-refractivity contribution >= 4 is 11.6 Å². The third-order valence-electron chi connectivity index (χ3n) is 6.33. The summed E-state index contributed by atoms with van der Waals surface area (Å²) in [6.07, 6.45) is 9.23. The molecule has 2 unspecified atom stereocenters. The first-order chi connectivity index (χ1) is 15.1. The van der Waals surface area contributed by atoms with Gasteiger partial charge in [0.1, 0.15) is 11.5 Å². The molecule has 2 atom stereocenters. The Morgan fingerprint density at radius 1 is 1.29 bits per heavy atom. The molecule has 0 radical (unpaired) electrons. The number of benzene rings is 1. The highest BCUT2D eigenvalue weighted by Gasteiger charge is 2.32. The lowest BCUT2D eigenvalue weighted by Gasteiger charge is -2.34. The Morgan fingerprint density at radius 2 is 2.10 bits per heavy atom. The predicted molar refractivity (Wildman–Crippen MR) is 123 cm³/mol. The highest BCUT2D eigenvalue weighted by molar-refractivity contribution is 5.83. The molecule has 166 valence electrons. The lowest BCUT2D eigenvalue weighted by atomic mass is 9.94. The van der Waals surface area contributed by atoms with Crippen molar-refractivity contribution in [3.05, 3.63) is 59.4 Å². The van der Waals surface area contributed by atoms with Gasteiger partial charge in [-0.1, -0.05) is 37.3 Å². The van der Waals surface area contributed by atoms with Crippen molar-refractivity contribution in [3.8, 4) is 5.75 Å². The van der Waals surface area contributed by atoms with Crippen molar-refractivity contribution in [3.63, 3.8) is 0 Å². The van der Waals surface area contributed by atoms with Crippen LogP contribution >= 0.6 is 0 Å².